The molecule has 0 amide bonds. The molecular formula is C51H31N3OS. The van der Waals surface area contributed by atoms with Gasteiger partial charge in [-0.05, 0) is 64.2 Å². The standard InChI is InChI=1S/C51H31N3OS/c1-4-14-32(15-5-1)34-24-26-36(27-25-34)50-52-49(35-18-8-3-9-19-35)53-51(54-50)38-30-41(47-40-21-10-12-22-44(40)55-45(47)31-38)43-29-37(33-16-6-2-7-17-33)28-42-39-20-11-13-23-46(39)56-48(42)43/h1-31H. The second-order valence-electron chi connectivity index (χ2n) is 14.0. The Labute approximate surface area is 327 Å². The first-order chi connectivity index (χ1) is 27.7. The van der Waals surface area contributed by atoms with Crippen LogP contribution in [0.1, 0.15) is 0 Å². The number of rotatable bonds is 6. The highest BCUT2D eigenvalue weighted by Gasteiger charge is 2.22. The minimum atomic E-state index is 0.580. The van der Waals surface area contributed by atoms with Crippen molar-refractivity contribution in [3.8, 4) is 67.5 Å². The number of fused-ring (bicyclic) bond motifs is 6. The minimum absolute atomic E-state index is 0.580. The Balaban J connectivity index is 1.18. The second-order valence-corrected chi connectivity index (χ2v) is 15.0. The lowest BCUT2D eigenvalue weighted by molar-refractivity contribution is 0.669. The highest BCUT2D eigenvalue weighted by atomic mass is 32.1. The van der Waals surface area contributed by atoms with Crippen LogP contribution in [-0.4, -0.2) is 15.0 Å². The van der Waals surface area contributed by atoms with Crippen LogP contribution in [0.2, 0.25) is 0 Å². The average Bonchev–Trinajstić information content (AvgIpc) is 3.85. The molecular weight excluding hydrogens is 703 g/mol. The van der Waals surface area contributed by atoms with Crippen molar-refractivity contribution in [1.29, 1.82) is 0 Å². The van der Waals surface area contributed by atoms with E-state index in [0.29, 0.717) is 17.5 Å². The monoisotopic (exact) mass is 733 g/mol. The van der Waals surface area contributed by atoms with Crippen LogP contribution in [0.5, 0.6) is 0 Å². The van der Waals surface area contributed by atoms with Gasteiger partial charge in [-0.25, -0.2) is 15.0 Å². The Morgan fingerprint density at radius 2 is 0.839 bits per heavy atom. The van der Waals surface area contributed by atoms with Crippen molar-refractivity contribution >= 4 is 53.4 Å². The fraction of sp³-hybridized carbons (Fsp3) is 0. The predicted molar refractivity (Wildman–Crippen MR) is 233 cm³/mol. The highest BCUT2D eigenvalue weighted by molar-refractivity contribution is 7.26. The summed E-state index contributed by atoms with van der Waals surface area (Å²) in [6.45, 7) is 0. The average molecular weight is 734 g/mol. The van der Waals surface area contributed by atoms with E-state index in [0.717, 1.165) is 66.4 Å². The number of nitrogens with zero attached hydrogens (tertiary/aromatic N) is 3. The molecule has 0 saturated carbocycles. The summed E-state index contributed by atoms with van der Waals surface area (Å²) in [5.41, 5.74) is 11.2. The molecule has 0 fully saturated rings. The number of furan rings is 1. The van der Waals surface area contributed by atoms with Gasteiger partial charge < -0.3 is 4.42 Å². The summed E-state index contributed by atoms with van der Waals surface area (Å²) in [5, 5.41) is 4.63. The lowest BCUT2D eigenvalue weighted by atomic mass is 9.92. The molecule has 11 rings (SSSR count). The maximum atomic E-state index is 6.68. The summed E-state index contributed by atoms with van der Waals surface area (Å²) in [4.78, 5) is 15.4. The van der Waals surface area contributed by atoms with E-state index in [2.05, 4.69) is 140 Å². The van der Waals surface area contributed by atoms with Crippen LogP contribution < -0.4 is 0 Å². The minimum Gasteiger partial charge on any atom is -0.456 e. The predicted octanol–water partition coefficient (Wildman–Crippen LogP) is 14.1. The first-order valence-corrected chi connectivity index (χ1v) is 19.5. The quantitative estimate of drug-likeness (QED) is 0.171. The third-order valence-electron chi connectivity index (χ3n) is 10.5. The van der Waals surface area contributed by atoms with Crippen LogP contribution in [0.3, 0.4) is 0 Å². The van der Waals surface area contributed by atoms with E-state index >= 15 is 0 Å². The molecule has 0 aliphatic heterocycles. The molecule has 56 heavy (non-hydrogen) atoms. The number of aromatic nitrogens is 3. The Kier molecular flexibility index (Phi) is 7.64. The molecule has 0 bridgehead atoms. The zero-order valence-electron chi connectivity index (χ0n) is 30.1. The van der Waals surface area contributed by atoms with Gasteiger partial charge in [-0.3, -0.25) is 0 Å². The molecule has 262 valence electrons. The van der Waals surface area contributed by atoms with Crippen molar-refractivity contribution in [2.45, 2.75) is 0 Å². The maximum absolute atomic E-state index is 6.68. The van der Waals surface area contributed by atoms with Gasteiger partial charge in [0.05, 0.1) is 0 Å². The molecule has 4 nitrogen and oxygen atoms in total. The first kappa shape index (κ1) is 32.2. The molecule has 0 aliphatic carbocycles. The Hall–Kier alpha value is -7.21. The van der Waals surface area contributed by atoms with Gasteiger partial charge in [0, 0.05) is 53.2 Å². The summed E-state index contributed by atoms with van der Waals surface area (Å²) < 4.78 is 9.17. The summed E-state index contributed by atoms with van der Waals surface area (Å²) in [6, 6.07) is 65.7. The first-order valence-electron chi connectivity index (χ1n) is 18.7. The van der Waals surface area contributed by atoms with Crippen LogP contribution in [0.15, 0.2) is 192 Å². The number of para-hydroxylation sites is 1. The highest BCUT2D eigenvalue weighted by Crippen LogP contribution is 2.47. The van der Waals surface area contributed by atoms with Crippen molar-refractivity contribution in [1.82, 2.24) is 15.0 Å². The lowest BCUT2D eigenvalue weighted by Crippen LogP contribution is -2.00. The Bertz CT molecular complexity index is 3230. The van der Waals surface area contributed by atoms with Crippen LogP contribution >= 0.6 is 11.3 Å². The molecule has 0 atom stereocenters. The van der Waals surface area contributed by atoms with Gasteiger partial charge in [0.15, 0.2) is 17.5 Å². The molecule has 0 unspecified atom stereocenters. The number of hydrogen-bond acceptors (Lipinski definition) is 5. The van der Waals surface area contributed by atoms with Crippen LogP contribution in [0.4, 0.5) is 0 Å². The van der Waals surface area contributed by atoms with Gasteiger partial charge in [-0.1, -0.05) is 152 Å². The zero-order valence-corrected chi connectivity index (χ0v) is 30.9. The lowest BCUT2D eigenvalue weighted by Gasteiger charge is -2.13. The molecule has 8 aromatic carbocycles. The molecule has 0 spiro atoms. The van der Waals surface area contributed by atoms with Crippen molar-refractivity contribution < 1.29 is 4.42 Å². The van der Waals surface area contributed by atoms with Gasteiger partial charge in [0.2, 0.25) is 0 Å². The van der Waals surface area contributed by atoms with Crippen molar-refractivity contribution in [2.24, 2.45) is 0 Å². The number of benzene rings is 8. The van der Waals surface area contributed by atoms with E-state index in [1.807, 2.05) is 59.9 Å². The van der Waals surface area contributed by atoms with Crippen LogP contribution in [0, 0.1) is 0 Å². The van der Waals surface area contributed by atoms with E-state index in [9.17, 15) is 0 Å². The second kappa shape index (κ2) is 13.3. The van der Waals surface area contributed by atoms with Crippen molar-refractivity contribution in [2.75, 3.05) is 0 Å². The fourth-order valence-electron chi connectivity index (χ4n) is 7.81. The van der Waals surface area contributed by atoms with Crippen molar-refractivity contribution in [3.63, 3.8) is 0 Å². The maximum Gasteiger partial charge on any atom is 0.164 e. The molecule has 0 N–H and O–H groups in total. The fourth-order valence-corrected chi connectivity index (χ4v) is 9.03. The van der Waals surface area contributed by atoms with E-state index < -0.39 is 0 Å². The Morgan fingerprint density at radius 3 is 1.54 bits per heavy atom. The molecule has 0 aliphatic rings. The number of thiophene rings is 1. The van der Waals surface area contributed by atoms with E-state index in [4.69, 9.17) is 19.4 Å². The molecule has 3 aromatic heterocycles. The summed E-state index contributed by atoms with van der Waals surface area (Å²) >= 11 is 1.83. The largest absolute Gasteiger partial charge is 0.456 e. The molecule has 0 saturated heterocycles. The number of hydrogen-bond donors (Lipinski definition) is 0. The molecule has 3 heterocycles. The summed E-state index contributed by atoms with van der Waals surface area (Å²) in [7, 11) is 0. The van der Waals surface area contributed by atoms with Gasteiger partial charge in [0.25, 0.3) is 0 Å². The van der Waals surface area contributed by atoms with Gasteiger partial charge in [-0.15, -0.1) is 11.3 Å². The summed E-state index contributed by atoms with van der Waals surface area (Å²) in [5.74, 6) is 1.80. The third kappa shape index (κ3) is 5.56. The smallest absolute Gasteiger partial charge is 0.164 e. The molecule has 5 heteroatoms. The van der Waals surface area contributed by atoms with Crippen LogP contribution in [0.25, 0.3) is 110 Å². The van der Waals surface area contributed by atoms with Gasteiger partial charge >= 0.3 is 0 Å². The zero-order chi connectivity index (χ0) is 37.0. The Morgan fingerprint density at radius 1 is 0.339 bits per heavy atom. The van der Waals surface area contributed by atoms with Gasteiger partial charge in [0.1, 0.15) is 11.2 Å². The van der Waals surface area contributed by atoms with E-state index in [1.54, 1.807) is 0 Å². The molecule has 11 aromatic rings. The SMILES string of the molecule is c1ccc(-c2ccc(-c3nc(-c4ccccc4)nc(-c4cc(-c5cc(-c6ccccc6)cc6c5sc5ccccc56)c5c(c4)oc4ccccc45)n3)cc2)cc1. The molecule has 0 radical (unpaired) electrons. The third-order valence-corrected chi connectivity index (χ3v) is 11.7. The van der Waals surface area contributed by atoms with Crippen molar-refractivity contribution in [3.05, 3.63) is 188 Å². The van der Waals surface area contributed by atoms with E-state index in [-0.39, 0.29) is 0 Å². The summed E-state index contributed by atoms with van der Waals surface area (Å²) in [6.07, 6.45) is 0. The van der Waals surface area contributed by atoms with Crippen LogP contribution in [-0.2, 0) is 0 Å². The topological polar surface area (TPSA) is 51.8 Å². The van der Waals surface area contributed by atoms with Gasteiger partial charge in [-0.2, -0.15) is 0 Å². The van der Waals surface area contributed by atoms with E-state index in [1.165, 1.54) is 25.7 Å². The normalized spacial score (nSPS) is 11.6.